The van der Waals surface area contributed by atoms with Crippen LogP contribution in [-0.2, 0) is 21.2 Å². The molecule has 1 amide bonds. The number of carbonyl (C=O) groups excluding carboxylic acids is 1. The molecule has 1 aromatic carbocycles. The van der Waals surface area contributed by atoms with Gasteiger partial charge in [-0.2, -0.15) is 0 Å². The summed E-state index contributed by atoms with van der Waals surface area (Å²) < 4.78 is 23.4. The van der Waals surface area contributed by atoms with Crippen molar-refractivity contribution in [1.82, 2.24) is 15.5 Å². The fourth-order valence-electron chi connectivity index (χ4n) is 4.19. The molecule has 0 saturated carbocycles. The number of hydrogen-bond acceptors (Lipinski definition) is 5. The summed E-state index contributed by atoms with van der Waals surface area (Å²) in [6, 6.07) is 10.5. The Bertz CT molecular complexity index is 722. The Kier molecular flexibility index (Phi) is 6.55. The van der Waals surface area contributed by atoms with Crippen molar-refractivity contribution in [2.24, 2.45) is 5.92 Å². The molecule has 2 fully saturated rings. The first-order chi connectivity index (χ1) is 12.9. The molecule has 150 valence electrons. The SMILES string of the molecule is CS(=O)(=O)C1(C(=O)NCC2CCN(Cc3ccccc3)CC2)CCNCC1. The lowest BCUT2D eigenvalue weighted by Gasteiger charge is -2.36. The number of sulfone groups is 1. The number of rotatable bonds is 6. The Morgan fingerprint density at radius 1 is 1.19 bits per heavy atom. The van der Waals surface area contributed by atoms with Gasteiger partial charge in [0.05, 0.1) is 0 Å². The molecule has 6 nitrogen and oxygen atoms in total. The highest BCUT2D eigenvalue weighted by Gasteiger charge is 2.48. The zero-order valence-corrected chi connectivity index (χ0v) is 16.9. The van der Waals surface area contributed by atoms with E-state index >= 15 is 0 Å². The summed E-state index contributed by atoms with van der Waals surface area (Å²) >= 11 is 0. The van der Waals surface area contributed by atoms with Crippen molar-refractivity contribution in [2.75, 3.05) is 39.0 Å². The Morgan fingerprint density at radius 2 is 1.81 bits per heavy atom. The van der Waals surface area contributed by atoms with Gasteiger partial charge < -0.3 is 10.6 Å². The standard InChI is InChI=1S/C20H31N3O3S/c1-27(25,26)20(9-11-21-12-10-20)19(24)22-15-17-7-13-23(14-8-17)16-18-5-3-2-4-6-18/h2-6,17,21H,7-16H2,1H3,(H,22,24). The van der Waals surface area contributed by atoms with E-state index in [-0.39, 0.29) is 5.91 Å². The largest absolute Gasteiger partial charge is 0.354 e. The number of amides is 1. The maximum absolute atomic E-state index is 12.8. The molecular weight excluding hydrogens is 362 g/mol. The molecule has 2 N–H and O–H groups in total. The molecule has 0 bridgehead atoms. The maximum atomic E-state index is 12.8. The van der Waals surface area contributed by atoms with Crippen molar-refractivity contribution in [2.45, 2.75) is 37.0 Å². The molecule has 2 aliphatic rings. The average molecular weight is 394 g/mol. The highest BCUT2D eigenvalue weighted by atomic mass is 32.2. The van der Waals surface area contributed by atoms with Gasteiger partial charge in [0.15, 0.2) is 14.6 Å². The fraction of sp³-hybridized carbons (Fsp3) is 0.650. The third-order valence-electron chi connectivity index (χ3n) is 6.04. The van der Waals surface area contributed by atoms with E-state index in [1.165, 1.54) is 11.8 Å². The summed E-state index contributed by atoms with van der Waals surface area (Å²) in [5.41, 5.74) is 1.32. The van der Waals surface area contributed by atoms with Crippen LogP contribution in [0.4, 0.5) is 0 Å². The van der Waals surface area contributed by atoms with Crippen molar-refractivity contribution in [1.29, 1.82) is 0 Å². The smallest absolute Gasteiger partial charge is 0.241 e. The van der Waals surface area contributed by atoms with Gasteiger partial charge in [0.1, 0.15) is 0 Å². The third-order valence-corrected chi connectivity index (χ3v) is 8.06. The maximum Gasteiger partial charge on any atom is 0.241 e. The number of hydrogen-bond donors (Lipinski definition) is 2. The monoisotopic (exact) mass is 393 g/mol. The number of likely N-dealkylation sites (tertiary alicyclic amines) is 1. The first-order valence-electron chi connectivity index (χ1n) is 9.86. The molecule has 1 aromatic rings. The minimum absolute atomic E-state index is 0.307. The summed E-state index contributed by atoms with van der Waals surface area (Å²) in [5, 5.41) is 6.12. The fourth-order valence-corrected chi connectivity index (χ4v) is 5.54. The van der Waals surface area contributed by atoms with Gasteiger partial charge in [0.25, 0.3) is 0 Å². The number of nitrogens with zero attached hydrogens (tertiary/aromatic N) is 1. The van der Waals surface area contributed by atoms with Crippen LogP contribution >= 0.6 is 0 Å². The third kappa shape index (κ3) is 4.89. The molecule has 0 aliphatic carbocycles. The van der Waals surface area contributed by atoms with E-state index in [1.54, 1.807) is 0 Å². The van der Waals surface area contributed by atoms with Gasteiger partial charge in [0.2, 0.25) is 5.91 Å². The van der Waals surface area contributed by atoms with Crippen LogP contribution in [0, 0.1) is 5.92 Å². The summed E-state index contributed by atoms with van der Waals surface area (Å²) in [4.78, 5) is 15.2. The second-order valence-electron chi connectivity index (χ2n) is 7.93. The number of nitrogens with one attached hydrogen (secondary N) is 2. The topological polar surface area (TPSA) is 78.5 Å². The lowest BCUT2D eigenvalue weighted by atomic mass is 9.93. The Balaban J connectivity index is 1.48. The second kappa shape index (κ2) is 8.71. The van der Waals surface area contributed by atoms with Gasteiger partial charge in [-0.05, 0) is 63.3 Å². The molecule has 27 heavy (non-hydrogen) atoms. The Labute approximate surface area is 162 Å². The molecular formula is C20H31N3O3S. The van der Waals surface area contributed by atoms with E-state index < -0.39 is 14.6 Å². The lowest BCUT2D eigenvalue weighted by molar-refractivity contribution is -0.124. The van der Waals surface area contributed by atoms with Crippen LogP contribution in [0.25, 0.3) is 0 Å². The van der Waals surface area contributed by atoms with Gasteiger partial charge in [-0.3, -0.25) is 9.69 Å². The average Bonchev–Trinajstić information content (AvgIpc) is 2.68. The first-order valence-corrected chi connectivity index (χ1v) is 11.7. The van der Waals surface area contributed by atoms with E-state index in [0.29, 0.717) is 38.4 Å². The van der Waals surface area contributed by atoms with E-state index in [4.69, 9.17) is 0 Å². The quantitative estimate of drug-likeness (QED) is 0.759. The number of carbonyl (C=O) groups is 1. The van der Waals surface area contributed by atoms with E-state index in [9.17, 15) is 13.2 Å². The highest BCUT2D eigenvalue weighted by molar-refractivity contribution is 7.92. The minimum Gasteiger partial charge on any atom is -0.354 e. The molecule has 0 atom stereocenters. The molecule has 0 aromatic heterocycles. The molecule has 2 heterocycles. The van der Waals surface area contributed by atoms with Gasteiger partial charge in [-0.1, -0.05) is 30.3 Å². The van der Waals surface area contributed by atoms with Crippen LogP contribution in [0.15, 0.2) is 30.3 Å². The lowest BCUT2D eigenvalue weighted by Crippen LogP contribution is -2.58. The Morgan fingerprint density at radius 3 is 2.41 bits per heavy atom. The van der Waals surface area contributed by atoms with Gasteiger partial charge >= 0.3 is 0 Å². The van der Waals surface area contributed by atoms with Gasteiger partial charge in [0, 0.05) is 19.3 Å². The summed E-state index contributed by atoms with van der Waals surface area (Å²) in [6.45, 7) is 4.69. The van der Waals surface area contributed by atoms with E-state index in [0.717, 1.165) is 32.5 Å². The number of benzene rings is 1. The Hall–Kier alpha value is -1.44. The molecule has 2 aliphatic heterocycles. The predicted molar refractivity (Wildman–Crippen MR) is 107 cm³/mol. The van der Waals surface area contributed by atoms with Crippen molar-refractivity contribution in [3.05, 3.63) is 35.9 Å². The molecule has 0 spiro atoms. The normalized spacial score (nSPS) is 21.7. The second-order valence-corrected chi connectivity index (χ2v) is 10.3. The van der Waals surface area contributed by atoms with Gasteiger partial charge in [-0.15, -0.1) is 0 Å². The van der Waals surface area contributed by atoms with Crippen LogP contribution in [-0.4, -0.2) is 63.0 Å². The summed E-state index contributed by atoms with van der Waals surface area (Å²) in [6.07, 6.45) is 3.96. The zero-order valence-electron chi connectivity index (χ0n) is 16.1. The van der Waals surface area contributed by atoms with Crippen molar-refractivity contribution < 1.29 is 13.2 Å². The summed E-state index contributed by atoms with van der Waals surface area (Å²) in [7, 11) is -3.44. The predicted octanol–water partition coefficient (Wildman–Crippen LogP) is 1.18. The van der Waals surface area contributed by atoms with E-state index in [2.05, 4.69) is 39.8 Å². The van der Waals surface area contributed by atoms with Crippen LogP contribution in [0.5, 0.6) is 0 Å². The van der Waals surface area contributed by atoms with Crippen molar-refractivity contribution in [3.8, 4) is 0 Å². The highest BCUT2D eigenvalue weighted by Crippen LogP contribution is 2.28. The number of piperidine rings is 2. The van der Waals surface area contributed by atoms with Crippen molar-refractivity contribution in [3.63, 3.8) is 0 Å². The van der Waals surface area contributed by atoms with Crippen LogP contribution in [0.2, 0.25) is 0 Å². The molecule has 2 saturated heterocycles. The molecule has 7 heteroatoms. The minimum atomic E-state index is -3.44. The summed E-state index contributed by atoms with van der Waals surface area (Å²) in [5.74, 6) is 0.109. The zero-order chi connectivity index (χ0) is 19.3. The van der Waals surface area contributed by atoms with Crippen LogP contribution < -0.4 is 10.6 Å². The van der Waals surface area contributed by atoms with Crippen molar-refractivity contribution >= 4 is 15.7 Å². The van der Waals surface area contributed by atoms with E-state index in [1.807, 2.05) is 6.07 Å². The molecule has 3 rings (SSSR count). The first kappa shape index (κ1) is 20.3. The van der Waals surface area contributed by atoms with Crippen LogP contribution in [0.3, 0.4) is 0 Å². The van der Waals surface area contributed by atoms with Crippen LogP contribution in [0.1, 0.15) is 31.2 Å². The molecule has 0 unspecified atom stereocenters. The van der Waals surface area contributed by atoms with Gasteiger partial charge in [-0.25, -0.2) is 8.42 Å². The molecule has 0 radical (unpaired) electrons.